The molecule has 3 N–H and O–H groups in total. The average molecular weight is 247 g/mol. The van der Waals surface area contributed by atoms with Gasteiger partial charge in [0.2, 0.25) is 0 Å². The van der Waals surface area contributed by atoms with Crippen LogP contribution in [-0.4, -0.2) is 10.8 Å². The maximum Gasteiger partial charge on any atom is 0.184 e. The van der Waals surface area contributed by atoms with Gasteiger partial charge in [0.1, 0.15) is 0 Å². The minimum atomic E-state index is 0.215. The average Bonchev–Trinajstić information content (AvgIpc) is 3.07. The van der Waals surface area contributed by atoms with Crippen LogP contribution in [0.4, 0.5) is 0 Å². The fourth-order valence-corrected chi connectivity index (χ4v) is 1.81. The van der Waals surface area contributed by atoms with Crippen molar-refractivity contribution in [3.8, 4) is 0 Å². The summed E-state index contributed by atoms with van der Waals surface area (Å²) in [4.78, 5) is 0. The highest BCUT2D eigenvalue weighted by molar-refractivity contribution is 7.80. The van der Waals surface area contributed by atoms with Crippen molar-refractivity contribution in [2.24, 2.45) is 16.8 Å². The first kappa shape index (κ1) is 12.0. The van der Waals surface area contributed by atoms with Gasteiger partial charge >= 0.3 is 0 Å². The second kappa shape index (κ2) is 4.84. The van der Waals surface area contributed by atoms with Crippen LogP contribution in [0.5, 0.6) is 0 Å². The van der Waals surface area contributed by atoms with E-state index in [-0.39, 0.29) is 5.11 Å². The Bertz CT molecular complexity index is 476. The molecule has 1 aromatic rings. The van der Waals surface area contributed by atoms with Crippen molar-refractivity contribution in [3.63, 3.8) is 0 Å². The summed E-state index contributed by atoms with van der Waals surface area (Å²) in [6.07, 6.45) is 2.40. The monoisotopic (exact) mass is 247 g/mol. The lowest BCUT2D eigenvalue weighted by Gasteiger charge is -2.08. The predicted molar refractivity (Wildman–Crippen MR) is 75.1 cm³/mol. The third kappa shape index (κ3) is 3.03. The van der Waals surface area contributed by atoms with Crippen molar-refractivity contribution in [3.05, 3.63) is 34.9 Å². The van der Waals surface area contributed by atoms with Crippen LogP contribution in [-0.2, 0) is 0 Å². The second-order valence-electron chi connectivity index (χ2n) is 4.55. The van der Waals surface area contributed by atoms with Gasteiger partial charge < -0.3 is 5.73 Å². The quantitative estimate of drug-likeness (QED) is 0.489. The van der Waals surface area contributed by atoms with E-state index in [2.05, 4.69) is 42.6 Å². The summed E-state index contributed by atoms with van der Waals surface area (Å²) in [6, 6.07) is 6.41. The van der Waals surface area contributed by atoms with E-state index in [1.54, 1.807) is 0 Å². The Balaban J connectivity index is 2.29. The van der Waals surface area contributed by atoms with E-state index in [1.807, 2.05) is 0 Å². The first-order valence-electron chi connectivity index (χ1n) is 5.78. The SMILES string of the molecule is Cc1ccc(/C(=N/NC(N)=S)C2CC2)cc1C. The molecule has 2 rings (SSSR count). The standard InChI is InChI=1S/C13H17N3S/c1-8-3-4-11(7-9(8)2)12(10-5-6-10)15-16-13(14)17/h3-4,7,10H,5-6H2,1-2H3,(H3,14,16,17)/b15-12+. The lowest BCUT2D eigenvalue weighted by Crippen LogP contribution is -2.26. The fourth-order valence-electron chi connectivity index (χ4n) is 1.76. The molecular weight excluding hydrogens is 230 g/mol. The zero-order valence-electron chi connectivity index (χ0n) is 10.2. The van der Waals surface area contributed by atoms with Crippen molar-refractivity contribution in [1.29, 1.82) is 0 Å². The molecule has 3 nitrogen and oxygen atoms in total. The van der Waals surface area contributed by atoms with Gasteiger partial charge in [0.15, 0.2) is 5.11 Å². The number of nitrogens with two attached hydrogens (primary N) is 1. The molecular formula is C13H17N3S. The normalized spacial score (nSPS) is 15.8. The Morgan fingerprint density at radius 2 is 2.06 bits per heavy atom. The molecule has 0 unspecified atom stereocenters. The summed E-state index contributed by atoms with van der Waals surface area (Å²) in [5.41, 5.74) is 12.9. The molecule has 0 spiro atoms. The number of hydrogen-bond donors (Lipinski definition) is 2. The maximum atomic E-state index is 5.41. The molecule has 17 heavy (non-hydrogen) atoms. The van der Waals surface area contributed by atoms with Crippen LogP contribution in [0.25, 0.3) is 0 Å². The molecule has 1 saturated carbocycles. The van der Waals surface area contributed by atoms with Crippen molar-refractivity contribution >= 4 is 23.0 Å². The molecule has 0 atom stereocenters. The predicted octanol–water partition coefficient (Wildman–Crippen LogP) is 2.25. The van der Waals surface area contributed by atoms with Gasteiger partial charge in [-0.25, -0.2) is 0 Å². The molecule has 1 aliphatic carbocycles. The number of rotatable bonds is 3. The summed E-state index contributed by atoms with van der Waals surface area (Å²) in [5, 5.41) is 4.54. The van der Waals surface area contributed by atoms with Crippen molar-refractivity contribution in [2.75, 3.05) is 0 Å². The van der Waals surface area contributed by atoms with Crippen LogP contribution < -0.4 is 11.2 Å². The molecule has 1 aliphatic rings. The number of hydrazone groups is 1. The Morgan fingerprint density at radius 3 is 2.59 bits per heavy atom. The molecule has 0 aromatic heterocycles. The highest BCUT2D eigenvalue weighted by atomic mass is 32.1. The lowest BCUT2D eigenvalue weighted by atomic mass is 10.0. The summed E-state index contributed by atoms with van der Waals surface area (Å²) in [5.74, 6) is 0.555. The lowest BCUT2D eigenvalue weighted by molar-refractivity contribution is 0.998. The van der Waals surface area contributed by atoms with Gasteiger partial charge in [-0.3, -0.25) is 5.43 Å². The third-order valence-electron chi connectivity index (χ3n) is 3.05. The number of benzene rings is 1. The third-order valence-corrected chi connectivity index (χ3v) is 3.14. The van der Waals surface area contributed by atoms with Crippen molar-refractivity contribution in [1.82, 2.24) is 5.43 Å². The van der Waals surface area contributed by atoms with E-state index in [4.69, 9.17) is 18.0 Å². The summed E-state index contributed by atoms with van der Waals surface area (Å²) in [7, 11) is 0. The topological polar surface area (TPSA) is 50.4 Å². The molecule has 1 fully saturated rings. The van der Waals surface area contributed by atoms with Crippen LogP contribution in [0, 0.1) is 19.8 Å². The van der Waals surface area contributed by atoms with E-state index in [0.717, 1.165) is 5.71 Å². The Labute approximate surface area is 107 Å². The smallest absolute Gasteiger partial charge is 0.184 e. The number of aryl methyl sites for hydroxylation is 2. The largest absolute Gasteiger partial charge is 0.375 e. The van der Waals surface area contributed by atoms with Gasteiger partial charge in [-0.15, -0.1) is 0 Å². The van der Waals surface area contributed by atoms with Crippen LogP contribution in [0.2, 0.25) is 0 Å². The van der Waals surface area contributed by atoms with Gasteiger partial charge in [-0.2, -0.15) is 5.10 Å². The molecule has 0 aliphatic heterocycles. The van der Waals surface area contributed by atoms with Crippen LogP contribution in [0.1, 0.15) is 29.5 Å². The van der Waals surface area contributed by atoms with E-state index < -0.39 is 0 Å². The number of nitrogens with zero attached hydrogens (tertiary/aromatic N) is 1. The minimum absolute atomic E-state index is 0.215. The van der Waals surface area contributed by atoms with Gasteiger partial charge in [-0.05, 0) is 61.7 Å². The summed E-state index contributed by atoms with van der Waals surface area (Å²) < 4.78 is 0. The first-order valence-corrected chi connectivity index (χ1v) is 6.19. The maximum absolute atomic E-state index is 5.41. The second-order valence-corrected chi connectivity index (χ2v) is 4.99. The van der Waals surface area contributed by atoms with Gasteiger partial charge in [-0.1, -0.05) is 12.1 Å². The van der Waals surface area contributed by atoms with Crippen LogP contribution in [0.3, 0.4) is 0 Å². The highest BCUT2D eigenvalue weighted by Gasteiger charge is 2.28. The zero-order chi connectivity index (χ0) is 12.4. The molecule has 4 heteroatoms. The Morgan fingerprint density at radius 1 is 1.35 bits per heavy atom. The molecule has 0 bridgehead atoms. The summed E-state index contributed by atoms with van der Waals surface area (Å²) in [6.45, 7) is 4.23. The molecule has 0 radical (unpaired) electrons. The van der Waals surface area contributed by atoms with Crippen LogP contribution in [0.15, 0.2) is 23.3 Å². The Hall–Kier alpha value is -1.42. The molecule has 1 aromatic carbocycles. The first-order chi connectivity index (χ1) is 8.08. The number of thiocarbonyl (C=S) groups is 1. The fraction of sp³-hybridized carbons (Fsp3) is 0.385. The highest BCUT2D eigenvalue weighted by Crippen LogP contribution is 2.33. The van der Waals surface area contributed by atoms with E-state index >= 15 is 0 Å². The van der Waals surface area contributed by atoms with E-state index in [0.29, 0.717) is 5.92 Å². The minimum Gasteiger partial charge on any atom is -0.375 e. The number of hydrogen-bond acceptors (Lipinski definition) is 2. The van der Waals surface area contributed by atoms with E-state index in [1.165, 1.54) is 29.5 Å². The van der Waals surface area contributed by atoms with Gasteiger partial charge in [0.25, 0.3) is 0 Å². The van der Waals surface area contributed by atoms with E-state index in [9.17, 15) is 0 Å². The molecule has 0 heterocycles. The zero-order valence-corrected chi connectivity index (χ0v) is 11.0. The van der Waals surface area contributed by atoms with Crippen molar-refractivity contribution in [2.45, 2.75) is 26.7 Å². The molecule has 90 valence electrons. The van der Waals surface area contributed by atoms with Gasteiger partial charge in [0, 0.05) is 5.92 Å². The summed E-state index contributed by atoms with van der Waals surface area (Å²) >= 11 is 4.78. The Kier molecular flexibility index (Phi) is 3.43. The van der Waals surface area contributed by atoms with Crippen LogP contribution >= 0.6 is 12.2 Å². The number of nitrogens with one attached hydrogen (secondary N) is 1. The van der Waals surface area contributed by atoms with Gasteiger partial charge in [0.05, 0.1) is 5.71 Å². The molecule has 0 amide bonds. The molecule has 0 saturated heterocycles. The van der Waals surface area contributed by atoms with Crippen molar-refractivity contribution < 1.29 is 0 Å².